The van der Waals surface area contributed by atoms with Crippen molar-refractivity contribution in [1.82, 2.24) is 0 Å². The summed E-state index contributed by atoms with van der Waals surface area (Å²) in [7, 11) is 5.87. The highest BCUT2D eigenvalue weighted by Gasteiger charge is 2.26. The molecule has 0 bridgehead atoms. The zero-order chi connectivity index (χ0) is 18.4. The number of benzene rings is 2. The first-order chi connectivity index (χ1) is 12.0. The number of halogens is 1. The maximum Gasteiger partial charge on any atom is 0.347 e. The molecular formula is C19H18BFO4. The zero-order valence-electron chi connectivity index (χ0n) is 14.2. The predicted octanol–water partition coefficient (Wildman–Crippen LogP) is 3.14. The lowest BCUT2D eigenvalue weighted by Gasteiger charge is -2.18. The van der Waals surface area contributed by atoms with Crippen molar-refractivity contribution in [3.63, 3.8) is 0 Å². The maximum absolute atomic E-state index is 14.4. The summed E-state index contributed by atoms with van der Waals surface area (Å²) in [6, 6.07) is 8.39. The molecule has 25 heavy (non-hydrogen) atoms. The van der Waals surface area contributed by atoms with Crippen LogP contribution in [0.2, 0.25) is 0 Å². The molecule has 2 radical (unpaired) electrons. The van der Waals surface area contributed by atoms with Gasteiger partial charge in [0.2, 0.25) is 0 Å². The minimum atomic E-state index is -0.852. The molecular weight excluding hydrogens is 322 g/mol. The van der Waals surface area contributed by atoms with E-state index in [1.165, 1.54) is 6.92 Å². The highest BCUT2D eigenvalue weighted by atomic mass is 19.1. The molecule has 0 unspecified atom stereocenters. The number of carbonyl (C=O) groups excluding carboxylic acids is 2. The van der Waals surface area contributed by atoms with E-state index in [0.717, 1.165) is 12.8 Å². The van der Waals surface area contributed by atoms with E-state index < -0.39 is 11.8 Å². The second kappa shape index (κ2) is 8.47. The van der Waals surface area contributed by atoms with E-state index in [2.05, 4.69) is 0 Å². The van der Waals surface area contributed by atoms with Crippen LogP contribution in [0.15, 0.2) is 30.3 Å². The molecule has 2 rings (SSSR count). The van der Waals surface area contributed by atoms with Crippen LogP contribution < -0.4 is 14.9 Å². The number of esters is 1. The minimum Gasteiger partial charge on any atom is -0.493 e. The van der Waals surface area contributed by atoms with Crippen molar-refractivity contribution < 1.29 is 23.5 Å². The Balaban J connectivity index is 2.49. The summed E-state index contributed by atoms with van der Waals surface area (Å²) in [6.07, 6.45) is 1.90. The lowest BCUT2D eigenvalue weighted by atomic mass is 9.85. The first-order valence-corrected chi connectivity index (χ1v) is 7.97. The molecule has 0 atom stereocenters. The van der Waals surface area contributed by atoms with Crippen molar-refractivity contribution in [3.05, 3.63) is 52.8 Å². The third kappa shape index (κ3) is 4.07. The van der Waals surface area contributed by atoms with E-state index in [-0.39, 0.29) is 34.5 Å². The van der Waals surface area contributed by atoms with Crippen LogP contribution in [0.1, 0.15) is 46.0 Å². The molecule has 0 saturated carbocycles. The number of hydrogen-bond acceptors (Lipinski definition) is 4. The molecule has 128 valence electrons. The predicted molar refractivity (Wildman–Crippen MR) is 93.7 cm³/mol. The third-order valence-corrected chi connectivity index (χ3v) is 3.72. The molecule has 0 fully saturated rings. The summed E-state index contributed by atoms with van der Waals surface area (Å²) in [5.74, 6) is -1.35. The Morgan fingerprint density at radius 1 is 1.28 bits per heavy atom. The number of hydrogen-bond donors (Lipinski definition) is 0. The van der Waals surface area contributed by atoms with E-state index in [0.29, 0.717) is 12.0 Å². The molecule has 0 aliphatic carbocycles. The van der Waals surface area contributed by atoms with Crippen LogP contribution in [0.5, 0.6) is 11.5 Å². The van der Waals surface area contributed by atoms with Gasteiger partial charge in [-0.1, -0.05) is 31.5 Å². The topological polar surface area (TPSA) is 52.6 Å². The molecule has 4 nitrogen and oxygen atoms in total. The molecule has 0 saturated heterocycles. The first kappa shape index (κ1) is 18.7. The molecule has 0 aliphatic heterocycles. The van der Waals surface area contributed by atoms with Crippen molar-refractivity contribution in [2.75, 3.05) is 6.61 Å². The van der Waals surface area contributed by atoms with Crippen molar-refractivity contribution in [2.45, 2.75) is 26.7 Å². The van der Waals surface area contributed by atoms with E-state index in [1.54, 1.807) is 30.3 Å². The molecule has 0 amide bonds. The summed E-state index contributed by atoms with van der Waals surface area (Å²) in [5, 5.41) is 0. The second-order valence-corrected chi connectivity index (χ2v) is 5.49. The zero-order valence-corrected chi connectivity index (χ0v) is 14.2. The Morgan fingerprint density at radius 3 is 2.56 bits per heavy atom. The fourth-order valence-electron chi connectivity index (χ4n) is 2.33. The number of unbranched alkanes of at least 4 members (excludes halogenated alkanes) is 1. The molecule has 0 aromatic heterocycles. The summed E-state index contributed by atoms with van der Waals surface area (Å²) < 4.78 is 25.3. The van der Waals surface area contributed by atoms with Gasteiger partial charge in [0.15, 0.2) is 6.29 Å². The summed E-state index contributed by atoms with van der Waals surface area (Å²) in [5.41, 5.74) is -0.668. The van der Waals surface area contributed by atoms with Gasteiger partial charge in [-0.3, -0.25) is 4.79 Å². The van der Waals surface area contributed by atoms with E-state index >= 15 is 0 Å². The van der Waals surface area contributed by atoms with Crippen LogP contribution in [0, 0.1) is 12.7 Å². The molecule has 0 aliphatic rings. The van der Waals surface area contributed by atoms with Crippen LogP contribution in [0.4, 0.5) is 4.39 Å². The van der Waals surface area contributed by atoms with Crippen LogP contribution >= 0.6 is 0 Å². The van der Waals surface area contributed by atoms with Crippen LogP contribution in [-0.2, 0) is 0 Å². The van der Waals surface area contributed by atoms with Crippen LogP contribution in [-0.4, -0.2) is 26.7 Å². The lowest BCUT2D eigenvalue weighted by molar-refractivity contribution is 0.0728. The molecule has 2 aromatic carbocycles. The van der Waals surface area contributed by atoms with Gasteiger partial charge in [0.1, 0.15) is 30.7 Å². The number of ether oxygens (including phenoxy) is 2. The largest absolute Gasteiger partial charge is 0.493 e. The van der Waals surface area contributed by atoms with Gasteiger partial charge >= 0.3 is 5.97 Å². The average Bonchev–Trinajstić information content (AvgIpc) is 2.61. The maximum atomic E-state index is 14.4. The van der Waals surface area contributed by atoms with Crippen LogP contribution in [0.25, 0.3) is 0 Å². The Labute approximate surface area is 147 Å². The van der Waals surface area contributed by atoms with Crippen molar-refractivity contribution in [1.29, 1.82) is 0 Å². The normalized spacial score (nSPS) is 10.4. The van der Waals surface area contributed by atoms with Gasteiger partial charge in [-0.25, -0.2) is 9.18 Å². The summed E-state index contributed by atoms with van der Waals surface area (Å²) in [4.78, 5) is 23.7. The van der Waals surface area contributed by atoms with E-state index in [1.807, 2.05) is 6.92 Å². The fourth-order valence-corrected chi connectivity index (χ4v) is 2.33. The van der Waals surface area contributed by atoms with Crippen molar-refractivity contribution in [2.24, 2.45) is 0 Å². The molecule has 0 spiro atoms. The SMILES string of the molecule is [B]c1c(C=O)c(F)c(C)c(C(=O)Oc2ccccc2)c1OCCCC. The summed E-state index contributed by atoms with van der Waals surface area (Å²) >= 11 is 0. The summed E-state index contributed by atoms with van der Waals surface area (Å²) in [6.45, 7) is 3.65. The quantitative estimate of drug-likeness (QED) is 0.255. The second-order valence-electron chi connectivity index (χ2n) is 5.49. The van der Waals surface area contributed by atoms with Gasteiger partial charge in [-0.15, -0.1) is 0 Å². The molecule has 2 aromatic rings. The Kier molecular flexibility index (Phi) is 6.34. The Bertz CT molecular complexity index is 775. The monoisotopic (exact) mass is 340 g/mol. The van der Waals surface area contributed by atoms with Gasteiger partial charge in [-0.2, -0.15) is 0 Å². The van der Waals surface area contributed by atoms with E-state index in [4.69, 9.17) is 17.3 Å². The van der Waals surface area contributed by atoms with Gasteiger partial charge in [0, 0.05) is 11.1 Å². The highest BCUT2D eigenvalue weighted by molar-refractivity contribution is 6.38. The number of rotatable bonds is 7. The Morgan fingerprint density at radius 2 is 1.96 bits per heavy atom. The molecule has 6 heteroatoms. The van der Waals surface area contributed by atoms with Gasteiger partial charge < -0.3 is 9.47 Å². The smallest absolute Gasteiger partial charge is 0.347 e. The lowest BCUT2D eigenvalue weighted by Crippen LogP contribution is -2.24. The molecule has 0 N–H and O–H groups in total. The Hall–Kier alpha value is -2.63. The van der Waals surface area contributed by atoms with Gasteiger partial charge in [-0.05, 0) is 30.9 Å². The fraction of sp³-hybridized carbons (Fsp3) is 0.263. The van der Waals surface area contributed by atoms with Crippen LogP contribution in [0.3, 0.4) is 0 Å². The van der Waals surface area contributed by atoms with Gasteiger partial charge in [0.05, 0.1) is 6.61 Å². The van der Waals surface area contributed by atoms with Crippen molar-refractivity contribution >= 4 is 25.6 Å². The standard InChI is InChI=1S/C19H18BFO4/c1-3-4-10-24-18-15(12(2)17(21)14(11-22)16(18)20)19(23)25-13-8-6-5-7-9-13/h5-9,11H,3-4,10H2,1-2H3. The van der Waals surface area contributed by atoms with Gasteiger partial charge in [0.25, 0.3) is 0 Å². The van der Waals surface area contributed by atoms with Crippen molar-refractivity contribution in [3.8, 4) is 11.5 Å². The minimum absolute atomic E-state index is 0.0182. The molecule has 0 heterocycles. The average molecular weight is 340 g/mol. The third-order valence-electron chi connectivity index (χ3n) is 3.72. The number of para-hydroxylation sites is 1. The van der Waals surface area contributed by atoms with E-state index in [9.17, 15) is 14.0 Å². The highest BCUT2D eigenvalue weighted by Crippen LogP contribution is 2.27. The first-order valence-electron chi connectivity index (χ1n) is 7.97. The number of carbonyl (C=O) groups is 2. The number of aldehydes is 1.